The van der Waals surface area contributed by atoms with Crippen LogP contribution in [-0.4, -0.2) is 29.1 Å². The maximum Gasteiger partial charge on any atom is 0.335 e. The Hall–Kier alpha value is -1.58. The average molecular weight is 222 g/mol. The molecule has 1 heterocycles. The molecule has 4 nitrogen and oxygen atoms in total. The van der Waals surface area contributed by atoms with Crippen molar-refractivity contribution in [2.24, 2.45) is 0 Å². The first kappa shape index (κ1) is 12.5. The number of hydrogen-bond donors (Lipinski definition) is 1. The number of aromatic carboxylic acids is 1. The van der Waals surface area contributed by atoms with Gasteiger partial charge in [-0.05, 0) is 25.5 Å². The van der Waals surface area contributed by atoms with Crippen molar-refractivity contribution in [1.82, 2.24) is 4.98 Å². The Morgan fingerprint density at radius 1 is 1.62 bits per heavy atom. The molecule has 0 aliphatic heterocycles. The topological polar surface area (TPSA) is 53.4 Å². The molecule has 1 aromatic heterocycles. The van der Waals surface area contributed by atoms with Gasteiger partial charge in [-0.1, -0.05) is 13.3 Å². The molecule has 88 valence electrons. The van der Waals surface area contributed by atoms with Gasteiger partial charge in [0.15, 0.2) is 0 Å². The fourth-order valence-corrected chi connectivity index (χ4v) is 1.58. The molecule has 0 aromatic carbocycles. The molecule has 0 aliphatic rings. The highest BCUT2D eigenvalue weighted by Gasteiger charge is 2.12. The second kappa shape index (κ2) is 5.49. The van der Waals surface area contributed by atoms with Crippen LogP contribution in [0.5, 0.6) is 0 Å². The van der Waals surface area contributed by atoms with Gasteiger partial charge >= 0.3 is 5.97 Å². The lowest BCUT2D eigenvalue weighted by molar-refractivity contribution is 0.0697. The number of nitrogens with zero attached hydrogens (tertiary/aromatic N) is 2. The van der Waals surface area contributed by atoms with Crippen molar-refractivity contribution < 1.29 is 9.90 Å². The fourth-order valence-electron chi connectivity index (χ4n) is 1.58. The fraction of sp³-hybridized carbons (Fsp3) is 0.500. The van der Waals surface area contributed by atoms with E-state index in [0.717, 1.165) is 12.8 Å². The summed E-state index contributed by atoms with van der Waals surface area (Å²) in [5, 5.41) is 8.89. The molecule has 0 fully saturated rings. The van der Waals surface area contributed by atoms with Crippen LogP contribution in [0, 0.1) is 0 Å². The van der Waals surface area contributed by atoms with Crippen LogP contribution in [0.3, 0.4) is 0 Å². The van der Waals surface area contributed by atoms with E-state index in [9.17, 15) is 4.79 Å². The molecule has 1 aromatic rings. The number of rotatable bonds is 5. The number of pyridine rings is 1. The molecule has 0 amide bonds. The monoisotopic (exact) mass is 222 g/mol. The van der Waals surface area contributed by atoms with Crippen molar-refractivity contribution in [3.8, 4) is 0 Å². The van der Waals surface area contributed by atoms with Crippen LogP contribution in [0.2, 0.25) is 0 Å². The van der Waals surface area contributed by atoms with Gasteiger partial charge < -0.3 is 10.0 Å². The lowest BCUT2D eigenvalue weighted by Crippen LogP contribution is -2.29. The number of hydrogen-bond acceptors (Lipinski definition) is 3. The highest BCUT2D eigenvalue weighted by Crippen LogP contribution is 2.16. The van der Waals surface area contributed by atoms with E-state index in [0.29, 0.717) is 11.9 Å². The van der Waals surface area contributed by atoms with E-state index in [-0.39, 0.29) is 5.56 Å². The first-order valence-corrected chi connectivity index (χ1v) is 5.48. The largest absolute Gasteiger partial charge is 0.478 e. The zero-order chi connectivity index (χ0) is 12.1. The van der Waals surface area contributed by atoms with E-state index in [4.69, 9.17) is 5.11 Å². The Morgan fingerprint density at radius 3 is 2.88 bits per heavy atom. The Balaban J connectivity index is 2.86. The van der Waals surface area contributed by atoms with Gasteiger partial charge in [-0.3, -0.25) is 0 Å². The number of aromatic nitrogens is 1. The van der Waals surface area contributed by atoms with E-state index in [1.54, 1.807) is 6.07 Å². The maximum atomic E-state index is 10.8. The lowest BCUT2D eigenvalue weighted by Gasteiger charge is -2.25. The molecule has 0 saturated carbocycles. The van der Waals surface area contributed by atoms with Crippen LogP contribution < -0.4 is 4.90 Å². The molecule has 0 saturated heterocycles. The number of carbonyl (C=O) groups is 1. The Morgan fingerprint density at radius 2 is 2.31 bits per heavy atom. The summed E-state index contributed by atoms with van der Waals surface area (Å²) in [5.41, 5.74) is 0.278. The summed E-state index contributed by atoms with van der Waals surface area (Å²) >= 11 is 0. The SMILES string of the molecule is CCCC(C)N(C)c1cc(C(=O)O)ccn1. The quantitative estimate of drug-likeness (QED) is 0.831. The Labute approximate surface area is 95.9 Å². The zero-order valence-corrected chi connectivity index (χ0v) is 9.97. The standard InChI is InChI=1S/C12H18N2O2/c1-4-5-9(2)14(3)11-8-10(12(15)16)6-7-13-11/h6-9H,4-5H2,1-3H3,(H,15,16). The van der Waals surface area contributed by atoms with Gasteiger partial charge in [-0.25, -0.2) is 9.78 Å². The Kier molecular flexibility index (Phi) is 4.28. The molecular formula is C12H18N2O2. The minimum atomic E-state index is -0.916. The highest BCUT2D eigenvalue weighted by molar-refractivity contribution is 5.88. The summed E-state index contributed by atoms with van der Waals surface area (Å²) in [6.45, 7) is 4.24. The van der Waals surface area contributed by atoms with Crippen molar-refractivity contribution in [1.29, 1.82) is 0 Å². The van der Waals surface area contributed by atoms with Crippen molar-refractivity contribution in [2.45, 2.75) is 32.7 Å². The van der Waals surface area contributed by atoms with Gasteiger partial charge in [0, 0.05) is 19.3 Å². The number of anilines is 1. The van der Waals surface area contributed by atoms with Gasteiger partial charge in [-0.15, -0.1) is 0 Å². The number of carboxylic acids is 1. The third kappa shape index (κ3) is 2.95. The van der Waals surface area contributed by atoms with Crippen molar-refractivity contribution in [3.63, 3.8) is 0 Å². The highest BCUT2D eigenvalue weighted by atomic mass is 16.4. The van der Waals surface area contributed by atoms with Crippen molar-refractivity contribution >= 4 is 11.8 Å². The van der Waals surface area contributed by atoms with E-state index in [1.807, 2.05) is 11.9 Å². The second-order valence-corrected chi connectivity index (χ2v) is 3.96. The molecule has 0 aliphatic carbocycles. The maximum absolute atomic E-state index is 10.8. The van der Waals surface area contributed by atoms with E-state index in [2.05, 4.69) is 18.8 Å². The molecule has 1 atom stereocenters. The second-order valence-electron chi connectivity index (χ2n) is 3.96. The van der Waals surface area contributed by atoms with E-state index >= 15 is 0 Å². The van der Waals surface area contributed by atoms with Crippen LogP contribution in [0.4, 0.5) is 5.82 Å². The van der Waals surface area contributed by atoms with Crippen LogP contribution in [0.25, 0.3) is 0 Å². The zero-order valence-electron chi connectivity index (χ0n) is 9.97. The summed E-state index contributed by atoms with van der Waals surface area (Å²) in [6, 6.07) is 3.47. The third-order valence-electron chi connectivity index (χ3n) is 2.72. The smallest absolute Gasteiger partial charge is 0.335 e. The molecule has 4 heteroatoms. The predicted octanol–water partition coefficient (Wildman–Crippen LogP) is 2.40. The summed E-state index contributed by atoms with van der Waals surface area (Å²) < 4.78 is 0. The molecule has 0 spiro atoms. The Bertz CT molecular complexity index is 366. The molecule has 1 rings (SSSR count). The van der Waals surface area contributed by atoms with Gasteiger partial charge in [-0.2, -0.15) is 0 Å². The molecule has 1 N–H and O–H groups in total. The molecular weight excluding hydrogens is 204 g/mol. The van der Waals surface area contributed by atoms with Crippen LogP contribution in [0.1, 0.15) is 37.0 Å². The van der Waals surface area contributed by atoms with Crippen LogP contribution >= 0.6 is 0 Å². The van der Waals surface area contributed by atoms with Gasteiger partial charge in [0.2, 0.25) is 0 Å². The summed E-state index contributed by atoms with van der Waals surface area (Å²) in [4.78, 5) is 17.0. The molecule has 1 unspecified atom stereocenters. The van der Waals surface area contributed by atoms with Crippen LogP contribution in [-0.2, 0) is 0 Å². The van der Waals surface area contributed by atoms with E-state index < -0.39 is 5.97 Å². The summed E-state index contributed by atoms with van der Waals surface area (Å²) in [5.74, 6) is -0.207. The minimum Gasteiger partial charge on any atom is -0.478 e. The normalized spacial score (nSPS) is 12.2. The molecule has 16 heavy (non-hydrogen) atoms. The van der Waals surface area contributed by atoms with Crippen LogP contribution in [0.15, 0.2) is 18.3 Å². The minimum absolute atomic E-state index is 0.278. The summed E-state index contributed by atoms with van der Waals surface area (Å²) in [7, 11) is 1.94. The third-order valence-corrected chi connectivity index (χ3v) is 2.72. The average Bonchev–Trinajstić information content (AvgIpc) is 2.28. The first-order valence-electron chi connectivity index (χ1n) is 5.48. The van der Waals surface area contributed by atoms with Gasteiger partial charge in [0.1, 0.15) is 5.82 Å². The van der Waals surface area contributed by atoms with Crippen molar-refractivity contribution in [3.05, 3.63) is 23.9 Å². The van der Waals surface area contributed by atoms with Gasteiger partial charge in [0.25, 0.3) is 0 Å². The summed E-state index contributed by atoms with van der Waals surface area (Å²) in [6.07, 6.45) is 3.70. The van der Waals surface area contributed by atoms with Gasteiger partial charge in [0.05, 0.1) is 5.56 Å². The first-order chi connectivity index (χ1) is 7.56. The molecule has 0 bridgehead atoms. The molecule has 0 radical (unpaired) electrons. The predicted molar refractivity (Wildman–Crippen MR) is 64.0 cm³/mol. The van der Waals surface area contributed by atoms with Crippen molar-refractivity contribution in [2.75, 3.05) is 11.9 Å². The number of carboxylic acid groups (broad SMARTS) is 1. The lowest BCUT2D eigenvalue weighted by atomic mass is 10.1. The van der Waals surface area contributed by atoms with E-state index in [1.165, 1.54) is 12.3 Å².